The maximum Gasteiger partial charge on any atom is 0.269 e. The Labute approximate surface area is 190 Å². The van der Waals surface area contributed by atoms with Gasteiger partial charge < -0.3 is 5.32 Å². The summed E-state index contributed by atoms with van der Waals surface area (Å²) in [6, 6.07) is 16.6. The van der Waals surface area contributed by atoms with Gasteiger partial charge in [0, 0.05) is 29.4 Å². The second-order valence-corrected chi connectivity index (χ2v) is 9.87. The Morgan fingerprint density at radius 2 is 1.76 bits per heavy atom. The Morgan fingerprint density at radius 3 is 2.45 bits per heavy atom. The number of fused-ring (bicyclic) bond motifs is 3. The van der Waals surface area contributed by atoms with Crippen LogP contribution in [0, 0.1) is 21.8 Å². The molecule has 2 N–H and O–H groups in total. The van der Waals surface area contributed by atoms with Gasteiger partial charge in [-0.05, 0) is 65.9 Å². The third-order valence-corrected chi connectivity index (χ3v) is 7.58. The molecule has 0 saturated carbocycles. The van der Waals surface area contributed by atoms with Crippen molar-refractivity contribution in [1.82, 2.24) is 0 Å². The fourth-order valence-corrected chi connectivity index (χ4v) is 5.70. The van der Waals surface area contributed by atoms with Gasteiger partial charge in [-0.3, -0.25) is 14.8 Å². The van der Waals surface area contributed by atoms with Crippen LogP contribution >= 0.6 is 0 Å². The second kappa shape index (κ2) is 8.00. The minimum atomic E-state index is -3.86. The van der Waals surface area contributed by atoms with Crippen LogP contribution in [0.1, 0.15) is 29.5 Å². The molecule has 3 aromatic rings. The van der Waals surface area contributed by atoms with Crippen LogP contribution in [0.4, 0.5) is 21.5 Å². The summed E-state index contributed by atoms with van der Waals surface area (Å²) in [5.74, 6) is -0.274. The van der Waals surface area contributed by atoms with Crippen molar-refractivity contribution in [1.29, 1.82) is 0 Å². The Kier molecular flexibility index (Phi) is 5.13. The van der Waals surface area contributed by atoms with Crippen molar-refractivity contribution in [2.45, 2.75) is 23.3 Å². The number of nitro benzene ring substituents is 1. The summed E-state index contributed by atoms with van der Waals surface area (Å²) in [7, 11) is -3.86. The van der Waals surface area contributed by atoms with E-state index in [2.05, 4.69) is 22.2 Å². The van der Waals surface area contributed by atoms with E-state index < -0.39 is 20.8 Å². The average molecular weight is 466 g/mol. The highest BCUT2D eigenvalue weighted by Crippen LogP contribution is 2.50. The lowest BCUT2D eigenvalue weighted by atomic mass is 9.77. The van der Waals surface area contributed by atoms with Gasteiger partial charge in [0.25, 0.3) is 15.7 Å². The summed E-state index contributed by atoms with van der Waals surface area (Å²) in [5, 5.41) is 14.5. The lowest BCUT2D eigenvalue weighted by Crippen LogP contribution is -2.29. The molecule has 0 saturated heterocycles. The van der Waals surface area contributed by atoms with E-state index in [9.17, 15) is 22.9 Å². The average Bonchev–Trinajstić information content (AvgIpc) is 3.30. The molecule has 3 atom stereocenters. The zero-order valence-electron chi connectivity index (χ0n) is 17.3. The van der Waals surface area contributed by atoms with E-state index >= 15 is 0 Å². The number of rotatable bonds is 5. The Bertz CT molecular complexity index is 1360. The largest absolute Gasteiger partial charge is 0.378 e. The summed E-state index contributed by atoms with van der Waals surface area (Å²) < 4.78 is 41.5. The van der Waals surface area contributed by atoms with Gasteiger partial charge in [0.05, 0.1) is 15.9 Å². The number of allylic oxidation sites excluding steroid dienone is 2. The van der Waals surface area contributed by atoms with Gasteiger partial charge in [-0.25, -0.2) is 12.8 Å². The predicted octanol–water partition coefficient (Wildman–Crippen LogP) is 5.36. The Morgan fingerprint density at radius 1 is 1.03 bits per heavy atom. The van der Waals surface area contributed by atoms with E-state index in [1.165, 1.54) is 42.5 Å². The minimum Gasteiger partial charge on any atom is -0.378 e. The lowest BCUT2D eigenvalue weighted by Gasteiger charge is -2.37. The number of hydrogen-bond acceptors (Lipinski definition) is 5. The van der Waals surface area contributed by atoms with Crippen molar-refractivity contribution >= 4 is 27.1 Å². The normalized spacial score (nSPS) is 21.1. The maximum absolute atomic E-state index is 13.1. The van der Waals surface area contributed by atoms with Crippen LogP contribution in [0.2, 0.25) is 0 Å². The number of non-ortho nitro benzene ring substituents is 1. The number of halogens is 1. The van der Waals surface area contributed by atoms with Crippen molar-refractivity contribution in [3.8, 4) is 0 Å². The molecule has 0 aromatic heterocycles. The number of benzene rings is 3. The third kappa shape index (κ3) is 3.95. The van der Waals surface area contributed by atoms with Crippen LogP contribution in [-0.2, 0) is 10.0 Å². The molecule has 2 aliphatic rings. The van der Waals surface area contributed by atoms with E-state index in [0.29, 0.717) is 0 Å². The fourth-order valence-electron chi connectivity index (χ4n) is 4.61. The van der Waals surface area contributed by atoms with E-state index in [-0.39, 0.29) is 34.1 Å². The summed E-state index contributed by atoms with van der Waals surface area (Å²) in [5.41, 5.74) is 2.98. The number of nitro groups is 1. The van der Waals surface area contributed by atoms with Gasteiger partial charge in [-0.2, -0.15) is 0 Å². The molecule has 3 aromatic carbocycles. The predicted molar refractivity (Wildman–Crippen MR) is 123 cm³/mol. The van der Waals surface area contributed by atoms with Crippen LogP contribution in [0.3, 0.4) is 0 Å². The topological polar surface area (TPSA) is 101 Å². The van der Waals surface area contributed by atoms with Crippen molar-refractivity contribution in [2.75, 3.05) is 10.0 Å². The molecule has 7 nitrogen and oxygen atoms in total. The highest BCUT2D eigenvalue weighted by Gasteiger charge is 2.38. The summed E-state index contributed by atoms with van der Waals surface area (Å²) in [4.78, 5) is 10.7. The van der Waals surface area contributed by atoms with E-state index in [1.54, 1.807) is 24.3 Å². The molecule has 1 aliphatic heterocycles. The van der Waals surface area contributed by atoms with E-state index in [1.807, 2.05) is 0 Å². The molecule has 0 amide bonds. The lowest BCUT2D eigenvalue weighted by molar-refractivity contribution is -0.384. The standard InChI is InChI=1S/C24H20FN3O4S/c25-16-6-8-17(9-7-16)27-33(31,32)19-12-13-23-22(14-19)20-2-1-3-21(20)24(26-23)15-4-10-18(11-5-15)28(29)30/h1-2,4-14,20-21,24,26-27H,3H2/t20-,21+,24+/m0/s1. The van der Waals surface area contributed by atoms with Crippen LogP contribution in [0.5, 0.6) is 0 Å². The molecule has 168 valence electrons. The van der Waals surface area contributed by atoms with Gasteiger partial charge in [-0.1, -0.05) is 24.3 Å². The molecular formula is C24H20FN3O4S. The van der Waals surface area contributed by atoms with E-state index in [4.69, 9.17) is 0 Å². The smallest absolute Gasteiger partial charge is 0.269 e. The van der Waals surface area contributed by atoms with Gasteiger partial charge in [0.15, 0.2) is 0 Å². The van der Waals surface area contributed by atoms with Crippen molar-refractivity contribution in [3.63, 3.8) is 0 Å². The van der Waals surface area contributed by atoms with Gasteiger partial charge >= 0.3 is 0 Å². The summed E-state index contributed by atoms with van der Waals surface area (Å²) in [6.45, 7) is 0. The third-order valence-electron chi connectivity index (χ3n) is 6.20. The van der Waals surface area contributed by atoms with Crippen LogP contribution in [0.25, 0.3) is 0 Å². The van der Waals surface area contributed by atoms with Crippen LogP contribution in [-0.4, -0.2) is 13.3 Å². The zero-order chi connectivity index (χ0) is 23.2. The minimum absolute atomic E-state index is 0.0161. The zero-order valence-corrected chi connectivity index (χ0v) is 18.1. The molecule has 0 radical (unpaired) electrons. The number of nitrogens with one attached hydrogen (secondary N) is 2. The summed E-state index contributed by atoms with van der Waals surface area (Å²) >= 11 is 0. The first-order valence-corrected chi connectivity index (χ1v) is 11.9. The highest BCUT2D eigenvalue weighted by atomic mass is 32.2. The quantitative estimate of drug-likeness (QED) is 0.300. The molecule has 0 bridgehead atoms. The Hall–Kier alpha value is -3.72. The van der Waals surface area contributed by atoms with Gasteiger partial charge in [0.2, 0.25) is 0 Å². The molecule has 0 spiro atoms. The number of hydrogen-bond donors (Lipinski definition) is 2. The SMILES string of the molecule is O=[N+]([O-])c1ccc([C@H]2Nc3ccc(S(=O)(=O)Nc4ccc(F)cc4)cc3[C@H]3C=CC[C@H]32)cc1. The number of nitrogens with zero attached hydrogens (tertiary/aromatic N) is 1. The first-order chi connectivity index (χ1) is 15.8. The van der Waals surface area contributed by atoms with Crippen LogP contribution < -0.4 is 10.0 Å². The first-order valence-electron chi connectivity index (χ1n) is 10.4. The Balaban J connectivity index is 1.46. The summed E-state index contributed by atoms with van der Waals surface area (Å²) in [6.07, 6.45) is 4.98. The van der Waals surface area contributed by atoms with Gasteiger partial charge in [-0.15, -0.1) is 0 Å². The molecule has 1 heterocycles. The highest BCUT2D eigenvalue weighted by molar-refractivity contribution is 7.92. The number of sulfonamides is 1. The monoisotopic (exact) mass is 465 g/mol. The van der Waals surface area contributed by atoms with Gasteiger partial charge in [0.1, 0.15) is 5.82 Å². The molecular weight excluding hydrogens is 445 g/mol. The first kappa shape index (κ1) is 21.1. The van der Waals surface area contributed by atoms with Crippen LogP contribution in [0.15, 0.2) is 83.8 Å². The molecule has 9 heteroatoms. The molecule has 0 fully saturated rings. The van der Waals surface area contributed by atoms with Crippen molar-refractivity contribution < 1.29 is 17.7 Å². The van der Waals surface area contributed by atoms with Crippen molar-refractivity contribution in [3.05, 3.63) is 106 Å². The molecule has 33 heavy (non-hydrogen) atoms. The maximum atomic E-state index is 13.1. The number of anilines is 2. The van der Waals surface area contributed by atoms with Crippen molar-refractivity contribution in [2.24, 2.45) is 5.92 Å². The molecule has 5 rings (SSSR count). The van der Waals surface area contributed by atoms with E-state index in [0.717, 1.165) is 23.2 Å². The molecule has 0 unspecified atom stereocenters. The second-order valence-electron chi connectivity index (χ2n) is 8.19. The molecule has 1 aliphatic carbocycles. The fraction of sp³-hybridized carbons (Fsp3) is 0.167.